The summed E-state index contributed by atoms with van der Waals surface area (Å²) in [5.74, 6) is -9.56. The smallest absolute Gasteiger partial charge is 0.200 e. The van der Waals surface area contributed by atoms with Gasteiger partial charge in [0.1, 0.15) is 0 Å². The molecule has 0 N–H and O–H groups in total. The zero-order valence-electron chi connectivity index (χ0n) is 5.79. The van der Waals surface area contributed by atoms with E-state index in [4.69, 9.17) is 0 Å². The first-order valence-corrected chi connectivity index (χ1v) is 3.72. The molecular weight excluding hydrogens is 160 g/mol. The molecule has 2 saturated carbocycles. The molecule has 2 bridgehead atoms. The molecular formula is C7H8F4. The van der Waals surface area contributed by atoms with Crippen LogP contribution in [0.4, 0.5) is 17.6 Å². The maximum atomic E-state index is 12.7. The molecule has 0 radical (unpaired) electrons. The molecule has 2 atom stereocenters. The van der Waals surface area contributed by atoms with Gasteiger partial charge in [0.2, 0.25) is 0 Å². The van der Waals surface area contributed by atoms with E-state index in [9.17, 15) is 17.6 Å². The Bertz CT molecular complexity index is 167. The summed E-state index contributed by atoms with van der Waals surface area (Å²) >= 11 is 0. The zero-order chi connectivity index (χ0) is 8.28. The summed E-state index contributed by atoms with van der Waals surface area (Å²) in [4.78, 5) is 0. The first-order valence-electron chi connectivity index (χ1n) is 3.72. The molecule has 0 nitrogen and oxygen atoms in total. The highest BCUT2D eigenvalue weighted by molar-refractivity contribution is 5.07. The fraction of sp³-hybridized carbons (Fsp3) is 1.00. The van der Waals surface area contributed by atoms with Crippen molar-refractivity contribution in [3.63, 3.8) is 0 Å². The Morgan fingerprint density at radius 1 is 0.818 bits per heavy atom. The second-order valence-electron chi connectivity index (χ2n) is 3.45. The van der Waals surface area contributed by atoms with Gasteiger partial charge in [-0.25, -0.2) is 0 Å². The van der Waals surface area contributed by atoms with Gasteiger partial charge >= 0.3 is 11.8 Å². The van der Waals surface area contributed by atoms with Gasteiger partial charge in [-0.15, -0.1) is 0 Å². The van der Waals surface area contributed by atoms with Crippen molar-refractivity contribution >= 4 is 0 Å². The summed E-state index contributed by atoms with van der Waals surface area (Å²) in [5, 5.41) is 0. The summed E-state index contributed by atoms with van der Waals surface area (Å²) in [6, 6.07) is 0. The molecule has 0 aromatic heterocycles. The van der Waals surface area contributed by atoms with Crippen LogP contribution in [0.1, 0.15) is 19.3 Å². The van der Waals surface area contributed by atoms with E-state index in [0.29, 0.717) is 0 Å². The third kappa shape index (κ3) is 0.656. The van der Waals surface area contributed by atoms with E-state index in [1.54, 1.807) is 0 Å². The van der Waals surface area contributed by atoms with Gasteiger partial charge in [-0.3, -0.25) is 0 Å². The van der Waals surface area contributed by atoms with Gasteiger partial charge in [-0.1, -0.05) is 0 Å². The first kappa shape index (κ1) is 7.37. The minimum absolute atomic E-state index is 0.0139. The molecule has 2 aliphatic rings. The second kappa shape index (κ2) is 1.72. The summed E-state index contributed by atoms with van der Waals surface area (Å²) in [6.07, 6.45) is 0.556. The Labute approximate surface area is 61.6 Å². The molecule has 2 aliphatic carbocycles. The predicted octanol–water partition coefficient (Wildman–Crippen LogP) is 2.69. The molecule has 0 spiro atoms. The molecule has 0 aliphatic heterocycles. The standard InChI is InChI=1S/C7H8F4/c8-6(9)4-1-2-5(3-4)7(6,10)11/h4-5H,1-3H2. The quantitative estimate of drug-likeness (QED) is 0.488. The molecule has 0 heterocycles. The van der Waals surface area contributed by atoms with E-state index in [2.05, 4.69) is 0 Å². The summed E-state index contributed by atoms with van der Waals surface area (Å²) < 4.78 is 50.7. The lowest BCUT2D eigenvalue weighted by atomic mass is 9.93. The van der Waals surface area contributed by atoms with Gasteiger partial charge in [0.25, 0.3) is 0 Å². The maximum Gasteiger partial charge on any atom is 0.313 e. The van der Waals surface area contributed by atoms with E-state index in [-0.39, 0.29) is 19.3 Å². The number of hydrogen-bond donors (Lipinski definition) is 0. The van der Waals surface area contributed by atoms with Gasteiger partial charge < -0.3 is 0 Å². The van der Waals surface area contributed by atoms with Crippen LogP contribution in [0.15, 0.2) is 0 Å². The molecule has 0 saturated heterocycles. The molecule has 0 aromatic carbocycles. The van der Waals surface area contributed by atoms with Gasteiger partial charge in [0.15, 0.2) is 0 Å². The molecule has 2 unspecified atom stereocenters. The fourth-order valence-electron chi connectivity index (χ4n) is 2.18. The van der Waals surface area contributed by atoms with Crippen LogP contribution in [-0.4, -0.2) is 11.8 Å². The number of rotatable bonds is 0. The van der Waals surface area contributed by atoms with Crippen LogP contribution in [0.25, 0.3) is 0 Å². The molecule has 11 heavy (non-hydrogen) atoms. The third-order valence-corrected chi connectivity index (χ3v) is 2.90. The average Bonchev–Trinajstić information content (AvgIpc) is 2.37. The minimum atomic E-state index is -3.73. The van der Waals surface area contributed by atoms with Gasteiger partial charge in [-0.2, -0.15) is 17.6 Å². The predicted molar refractivity (Wildman–Crippen MR) is 30.7 cm³/mol. The van der Waals surface area contributed by atoms with E-state index in [0.717, 1.165) is 0 Å². The van der Waals surface area contributed by atoms with Crippen LogP contribution in [0.2, 0.25) is 0 Å². The summed E-state index contributed by atoms with van der Waals surface area (Å²) in [6.45, 7) is 0. The van der Waals surface area contributed by atoms with Gasteiger partial charge in [-0.05, 0) is 19.3 Å². The number of halogens is 4. The zero-order valence-corrected chi connectivity index (χ0v) is 5.79. The monoisotopic (exact) mass is 168 g/mol. The maximum absolute atomic E-state index is 12.7. The van der Waals surface area contributed by atoms with Crippen molar-refractivity contribution in [1.82, 2.24) is 0 Å². The fourth-order valence-corrected chi connectivity index (χ4v) is 2.18. The van der Waals surface area contributed by atoms with Gasteiger partial charge in [0, 0.05) is 11.8 Å². The minimum Gasteiger partial charge on any atom is -0.200 e. The Morgan fingerprint density at radius 2 is 1.18 bits per heavy atom. The summed E-state index contributed by atoms with van der Waals surface area (Å²) in [7, 11) is 0. The van der Waals surface area contributed by atoms with E-state index < -0.39 is 23.7 Å². The third-order valence-electron chi connectivity index (χ3n) is 2.90. The highest BCUT2D eigenvalue weighted by Crippen LogP contribution is 2.61. The van der Waals surface area contributed by atoms with Crippen molar-refractivity contribution in [1.29, 1.82) is 0 Å². The number of hydrogen-bond acceptors (Lipinski definition) is 0. The Hall–Kier alpha value is -0.280. The topological polar surface area (TPSA) is 0 Å². The first-order chi connectivity index (χ1) is 4.96. The lowest BCUT2D eigenvalue weighted by Crippen LogP contribution is -2.45. The summed E-state index contributed by atoms with van der Waals surface area (Å²) in [5.41, 5.74) is 0. The van der Waals surface area contributed by atoms with Crippen LogP contribution in [0.5, 0.6) is 0 Å². The Kier molecular flexibility index (Phi) is 1.15. The van der Waals surface area contributed by atoms with Crippen LogP contribution in [-0.2, 0) is 0 Å². The SMILES string of the molecule is FC1(F)C2CCC(C2)C1(F)F. The number of fused-ring (bicyclic) bond motifs is 2. The van der Waals surface area contributed by atoms with Crippen LogP contribution >= 0.6 is 0 Å². The van der Waals surface area contributed by atoms with Crippen LogP contribution < -0.4 is 0 Å². The largest absolute Gasteiger partial charge is 0.313 e. The Morgan fingerprint density at radius 3 is 1.36 bits per heavy atom. The van der Waals surface area contributed by atoms with E-state index in [1.807, 2.05) is 0 Å². The normalized spacial score (nSPS) is 44.7. The van der Waals surface area contributed by atoms with Crippen LogP contribution in [0.3, 0.4) is 0 Å². The molecule has 4 heteroatoms. The molecule has 0 amide bonds. The van der Waals surface area contributed by atoms with Crippen LogP contribution in [0, 0.1) is 11.8 Å². The average molecular weight is 168 g/mol. The van der Waals surface area contributed by atoms with Crippen molar-refractivity contribution in [3.05, 3.63) is 0 Å². The Balaban J connectivity index is 2.36. The van der Waals surface area contributed by atoms with Crippen molar-refractivity contribution in [2.75, 3.05) is 0 Å². The highest BCUT2D eigenvalue weighted by Gasteiger charge is 2.72. The molecule has 2 fully saturated rings. The van der Waals surface area contributed by atoms with E-state index >= 15 is 0 Å². The highest BCUT2D eigenvalue weighted by atomic mass is 19.3. The number of alkyl halides is 4. The van der Waals surface area contributed by atoms with Crippen molar-refractivity contribution in [3.8, 4) is 0 Å². The van der Waals surface area contributed by atoms with Crippen molar-refractivity contribution < 1.29 is 17.6 Å². The van der Waals surface area contributed by atoms with Crippen molar-refractivity contribution in [2.24, 2.45) is 11.8 Å². The van der Waals surface area contributed by atoms with E-state index in [1.165, 1.54) is 0 Å². The van der Waals surface area contributed by atoms with Crippen molar-refractivity contribution in [2.45, 2.75) is 31.1 Å². The molecule has 2 rings (SSSR count). The lowest BCUT2D eigenvalue weighted by Gasteiger charge is -2.29. The molecule has 0 aromatic rings. The van der Waals surface area contributed by atoms with Gasteiger partial charge in [0.05, 0.1) is 0 Å². The molecule has 64 valence electrons. The second-order valence-corrected chi connectivity index (χ2v) is 3.45. The lowest BCUT2D eigenvalue weighted by molar-refractivity contribution is -0.234.